The van der Waals surface area contributed by atoms with Gasteiger partial charge in [-0.3, -0.25) is 9.69 Å². The molecule has 286 valence electrons. The van der Waals surface area contributed by atoms with Crippen LogP contribution in [0.5, 0.6) is 0 Å². The Bertz CT molecular complexity index is 2070. The zero-order valence-corrected chi connectivity index (χ0v) is 31.7. The highest BCUT2D eigenvalue weighted by Crippen LogP contribution is 2.35. The number of rotatable bonds is 11. The molecule has 5 aromatic rings. The van der Waals surface area contributed by atoms with Gasteiger partial charge in [-0.25, -0.2) is 18.7 Å². The summed E-state index contributed by atoms with van der Waals surface area (Å²) in [6.45, 7) is 14.2. The number of aromatic nitrogens is 3. The van der Waals surface area contributed by atoms with Crippen molar-refractivity contribution in [1.29, 1.82) is 0 Å². The standard InChI is InChI=1S/C41H47F2N7O3.ClH/c1-26-33(21-30(42)22-36(26)48-40(51)32-9-8-29(20-35(32)43)41(2,3)52)38-34-23-37(47-39(34)46-25-45-38)28-6-4-27(5-7-28)24-53-31-10-14-49(15-11-31)18-19-50-16-12-44-13-17-50;/h4-9,20-23,25,31,44,52H,10-19,24H2,1-3H3,(H,48,51)(H,45,46,47);1H. The largest absolute Gasteiger partial charge is 0.386 e. The second-order valence-corrected chi connectivity index (χ2v) is 14.6. The molecule has 0 bridgehead atoms. The number of aliphatic hydroxyl groups is 1. The molecule has 2 fully saturated rings. The maximum atomic E-state index is 15.1. The fourth-order valence-electron chi connectivity index (χ4n) is 7.15. The summed E-state index contributed by atoms with van der Waals surface area (Å²) in [4.78, 5) is 30.5. The number of likely N-dealkylation sites (tertiary alicyclic amines) is 1. The Labute approximate surface area is 320 Å². The first-order valence-electron chi connectivity index (χ1n) is 18.4. The number of benzene rings is 3. The summed E-state index contributed by atoms with van der Waals surface area (Å²) in [7, 11) is 0. The summed E-state index contributed by atoms with van der Waals surface area (Å²) in [5.41, 5.74) is 4.01. The maximum Gasteiger partial charge on any atom is 0.258 e. The number of piperazine rings is 1. The lowest BCUT2D eigenvalue weighted by atomic mass is 9.96. The topological polar surface area (TPSA) is 119 Å². The summed E-state index contributed by atoms with van der Waals surface area (Å²) >= 11 is 0. The van der Waals surface area contributed by atoms with Gasteiger partial charge in [0.2, 0.25) is 0 Å². The monoisotopic (exact) mass is 759 g/mol. The summed E-state index contributed by atoms with van der Waals surface area (Å²) in [5, 5.41) is 17.0. The van der Waals surface area contributed by atoms with E-state index in [-0.39, 0.29) is 29.8 Å². The van der Waals surface area contributed by atoms with E-state index in [0.29, 0.717) is 40.0 Å². The minimum Gasteiger partial charge on any atom is -0.386 e. The predicted octanol–water partition coefficient (Wildman–Crippen LogP) is 6.67. The van der Waals surface area contributed by atoms with Gasteiger partial charge >= 0.3 is 0 Å². The second kappa shape index (κ2) is 17.0. The van der Waals surface area contributed by atoms with Crippen molar-refractivity contribution in [3.05, 3.63) is 101 Å². The Morgan fingerprint density at radius 3 is 2.35 bits per heavy atom. The Morgan fingerprint density at radius 2 is 1.67 bits per heavy atom. The molecule has 1 amide bonds. The Hall–Kier alpha value is -4.30. The molecule has 7 rings (SSSR count). The molecule has 0 radical (unpaired) electrons. The molecular formula is C41H48ClF2N7O3. The zero-order chi connectivity index (χ0) is 37.1. The number of carbonyl (C=O) groups excluding carboxylic acids is 1. The van der Waals surface area contributed by atoms with Crippen molar-refractivity contribution >= 4 is 35.0 Å². The quantitative estimate of drug-likeness (QED) is 0.118. The molecule has 2 aromatic heterocycles. The third-order valence-electron chi connectivity index (χ3n) is 10.4. The number of anilines is 1. The van der Waals surface area contributed by atoms with Crippen LogP contribution < -0.4 is 10.6 Å². The van der Waals surface area contributed by atoms with Crippen LogP contribution in [0.1, 0.15) is 53.7 Å². The van der Waals surface area contributed by atoms with E-state index in [1.807, 2.05) is 18.2 Å². The third-order valence-corrected chi connectivity index (χ3v) is 10.4. The van der Waals surface area contributed by atoms with Crippen molar-refractivity contribution in [1.82, 2.24) is 30.1 Å². The minimum atomic E-state index is -1.27. The Balaban J connectivity index is 0.00000497. The highest BCUT2D eigenvalue weighted by molar-refractivity contribution is 6.06. The summed E-state index contributed by atoms with van der Waals surface area (Å²) in [5.74, 6) is -2.12. The molecule has 0 unspecified atom stereocenters. The second-order valence-electron chi connectivity index (χ2n) is 14.6. The van der Waals surface area contributed by atoms with E-state index in [1.54, 1.807) is 6.92 Å². The van der Waals surface area contributed by atoms with E-state index in [4.69, 9.17) is 4.74 Å². The number of amides is 1. The van der Waals surface area contributed by atoms with Crippen LogP contribution in [0.25, 0.3) is 33.5 Å². The average molecular weight is 760 g/mol. The normalized spacial score (nSPS) is 16.0. The highest BCUT2D eigenvalue weighted by Gasteiger charge is 2.23. The summed E-state index contributed by atoms with van der Waals surface area (Å²) in [6, 6.07) is 16.7. The van der Waals surface area contributed by atoms with Gasteiger partial charge in [-0.15, -0.1) is 12.4 Å². The number of aromatic amines is 1. The summed E-state index contributed by atoms with van der Waals surface area (Å²) in [6.07, 6.45) is 3.78. The molecule has 0 aliphatic carbocycles. The lowest BCUT2D eigenvalue weighted by Gasteiger charge is -2.34. The van der Waals surface area contributed by atoms with Gasteiger partial charge in [0.1, 0.15) is 23.6 Å². The van der Waals surface area contributed by atoms with Crippen LogP contribution in [0.2, 0.25) is 0 Å². The van der Waals surface area contributed by atoms with Gasteiger partial charge in [-0.1, -0.05) is 30.3 Å². The first kappa shape index (κ1) is 39.4. The smallest absolute Gasteiger partial charge is 0.258 e. The van der Waals surface area contributed by atoms with Gasteiger partial charge in [0.15, 0.2) is 0 Å². The van der Waals surface area contributed by atoms with Crippen LogP contribution in [-0.4, -0.2) is 94.2 Å². The molecule has 4 heterocycles. The first-order valence-corrected chi connectivity index (χ1v) is 18.4. The molecule has 0 spiro atoms. The third kappa shape index (κ3) is 9.14. The molecule has 4 N–H and O–H groups in total. The van der Waals surface area contributed by atoms with Crippen molar-refractivity contribution in [2.75, 3.05) is 57.7 Å². The van der Waals surface area contributed by atoms with E-state index in [2.05, 4.69) is 47.5 Å². The molecule has 54 heavy (non-hydrogen) atoms. The molecular weight excluding hydrogens is 712 g/mol. The zero-order valence-electron chi connectivity index (χ0n) is 30.9. The lowest BCUT2D eigenvalue weighted by molar-refractivity contribution is -0.00393. The van der Waals surface area contributed by atoms with Crippen LogP contribution >= 0.6 is 12.4 Å². The fourth-order valence-corrected chi connectivity index (χ4v) is 7.15. The van der Waals surface area contributed by atoms with E-state index >= 15 is 4.39 Å². The number of halogens is 3. The van der Waals surface area contributed by atoms with Gasteiger partial charge in [0.25, 0.3) is 5.91 Å². The number of carbonyl (C=O) groups is 1. The van der Waals surface area contributed by atoms with Crippen LogP contribution in [0.3, 0.4) is 0 Å². The minimum absolute atomic E-state index is 0. The van der Waals surface area contributed by atoms with Crippen LogP contribution in [0, 0.1) is 18.6 Å². The maximum absolute atomic E-state index is 15.1. The van der Waals surface area contributed by atoms with Gasteiger partial charge in [-0.2, -0.15) is 0 Å². The number of hydrogen-bond donors (Lipinski definition) is 4. The predicted molar refractivity (Wildman–Crippen MR) is 210 cm³/mol. The van der Waals surface area contributed by atoms with E-state index in [1.165, 1.54) is 44.4 Å². The number of fused-ring (bicyclic) bond motifs is 1. The van der Waals surface area contributed by atoms with Crippen molar-refractivity contribution in [3.63, 3.8) is 0 Å². The molecule has 0 atom stereocenters. The van der Waals surface area contributed by atoms with Gasteiger partial charge < -0.3 is 30.4 Å². The number of hydrogen-bond acceptors (Lipinski definition) is 8. The number of nitrogens with zero attached hydrogens (tertiary/aromatic N) is 4. The number of piperidine rings is 1. The van der Waals surface area contributed by atoms with E-state index < -0.39 is 23.1 Å². The van der Waals surface area contributed by atoms with Crippen molar-refractivity contribution in [2.24, 2.45) is 0 Å². The SMILES string of the molecule is Cc1c(NC(=O)c2ccc(C(C)(C)O)cc2F)cc(F)cc1-c1ncnc2[nH]c(-c3ccc(COC4CCN(CCN5CCNCC5)CC4)cc3)cc12.Cl. The number of H-pyrrole nitrogens is 1. The van der Waals surface area contributed by atoms with Gasteiger partial charge in [-0.05, 0) is 86.2 Å². The van der Waals surface area contributed by atoms with Gasteiger partial charge in [0.05, 0.1) is 29.6 Å². The van der Waals surface area contributed by atoms with Crippen LogP contribution in [-0.2, 0) is 16.9 Å². The molecule has 13 heteroatoms. The first-order chi connectivity index (χ1) is 25.5. The number of ether oxygens (including phenoxy) is 1. The summed E-state index contributed by atoms with van der Waals surface area (Å²) < 4.78 is 36.3. The van der Waals surface area contributed by atoms with Gasteiger partial charge in [0, 0.05) is 74.7 Å². The fraction of sp³-hybridized carbons (Fsp3) is 0.390. The molecule has 3 aromatic carbocycles. The van der Waals surface area contributed by atoms with Crippen LogP contribution in [0.15, 0.2) is 67.0 Å². The molecule has 2 aliphatic heterocycles. The highest BCUT2D eigenvalue weighted by atomic mass is 35.5. The Kier molecular flexibility index (Phi) is 12.4. The van der Waals surface area contributed by atoms with Crippen molar-refractivity contribution in [2.45, 2.75) is 51.9 Å². The molecule has 2 saturated heterocycles. The Morgan fingerprint density at radius 1 is 0.963 bits per heavy atom. The molecule has 2 aliphatic rings. The molecule has 10 nitrogen and oxygen atoms in total. The molecule has 0 saturated carbocycles. The van der Waals surface area contributed by atoms with Crippen molar-refractivity contribution < 1.29 is 23.4 Å². The van der Waals surface area contributed by atoms with E-state index in [9.17, 15) is 14.3 Å². The van der Waals surface area contributed by atoms with E-state index in [0.717, 1.165) is 88.1 Å². The number of nitrogens with one attached hydrogen (secondary N) is 3. The lowest BCUT2D eigenvalue weighted by Crippen LogP contribution is -2.47. The van der Waals surface area contributed by atoms with Crippen molar-refractivity contribution in [3.8, 4) is 22.5 Å². The van der Waals surface area contributed by atoms with Crippen LogP contribution in [0.4, 0.5) is 14.5 Å². The average Bonchev–Trinajstić information content (AvgIpc) is 3.60.